The molecular weight excluding hydrogens is 356 g/mol. The number of unbranched alkanes of at least 4 members (excludes halogenated alkanes) is 1. The van der Waals surface area contributed by atoms with E-state index in [2.05, 4.69) is 31.2 Å². The second-order valence-electron chi connectivity index (χ2n) is 9.67. The normalized spacial score (nSPS) is 28.2. The van der Waals surface area contributed by atoms with Crippen molar-refractivity contribution in [2.45, 2.75) is 103 Å². The topological polar surface area (TPSA) is 9.23 Å². The molecule has 1 aliphatic carbocycles. The summed E-state index contributed by atoms with van der Waals surface area (Å²) in [5.41, 5.74) is 1.47. The van der Waals surface area contributed by atoms with Crippen molar-refractivity contribution in [1.29, 1.82) is 0 Å². The van der Waals surface area contributed by atoms with Crippen molar-refractivity contribution in [3.8, 4) is 5.75 Å². The van der Waals surface area contributed by atoms with Crippen molar-refractivity contribution in [3.05, 3.63) is 29.8 Å². The van der Waals surface area contributed by atoms with Crippen LogP contribution in [-0.4, -0.2) is 15.4 Å². The zero-order valence-electron chi connectivity index (χ0n) is 18.6. The molecule has 0 aromatic heterocycles. The summed E-state index contributed by atoms with van der Waals surface area (Å²) >= 11 is 0. The summed E-state index contributed by atoms with van der Waals surface area (Å²) < 4.78 is 5.54. The van der Waals surface area contributed by atoms with Crippen molar-refractivity contribution in [2.24, 2.45) is 17.8 Å². The molecule has 2 heteroatoms. The summed E-state index contributed by atoms with van der Waals surface area (Å²) in [6.07, 6.45) is 16.3. The van der Waals surface area contributed by atoms with E-state index in [9.17, 15) is 0 Å². The molecular formula is C26H44OSi. The highest BCUT2D eigenvalue weighted by Crippen LogP contribution is 2.42. The standard InChI is InChI=1S/C26H44OSi/c1-3-19-28-20-17-25(18-21-28)24-13-9-22(10-14-24)7-5-6-8-23-11-15-26(16-12-23)27-4-2/h11-12,15-16,22,24-25,28H,3-10,13-14,17-21H2,1-2H3. The van der Waals surface area contributed by atoms with Gasteiger partial charge in [-0.05, 0) is 68.1 Å². The van der Waals surface area contributed by atoms with Gasteiger partial charge in [0.25, 0.3) is 0 Å². The molecule has 1 aliphatic heterocycles. The van der Waals surface area contributed by atoms with Crippen LogP contribution in [0.4, 0.5) is 0 Å². The molecule has 0 radical (unpaired) electrons. The summed E-state index contributed by atoms with van der Waals surface area (Å²) in [7, 11) is -0.290. The van der Waals surface area contributed by atoms with Gasteiger partial charge >= 0.3 is 0 Å². The number of rotatable bonds is 10. The van der Waals surface area contributed by atoms with Crippen molar-refractivity contribution >= 4 is 8.80 Å². The number of aryl methyl sites for hydroxylation is 1. The van der Waals surface area contributed by atoms with Crippen LogP contribution in [0.15, 0.2) is 24.3 Å². The average molecular weight is 401 g/mol. The number of hydrogen-bond donors (Lipinski definition) is 0. The van der Waals surface area contributed by atoms with E-state index in [1.807, 2.05) is 6.92 Å². The third-order valence-electron chi connectivity index (χ3n) is 7.71. The summed E-state index contributed by atoms with van der Waals surface area (Å²) in [6, 6.07) is 13.7. The third kappa shape index (κ3) is 6.93. The van der Waals surface area contributed by atoms with Gasteiger partial charge in [0.05, 0.1) is 6.61 Å². The second-order valence-corrected chi connectivity index (χ2v) is 13.1. The van der Waals surface area contributed by atoms with Gasteiger partial charge in [0.1, 0.15) is 5.75 Å². The summed E-state index contributed by atoms with van der Waals surface area (Å²) in [4.78, 5) is 0. The van der Waals surface area contributed by atoms with Crippen LogP contribution in [-0.2, 0) is 6.42 Å². The fourth-order valence-corrected chi connectivity index (χ4v) is 9.47. The molecule has 0 amide bonds. The van der Waals surface area contributed by atoms with Gasteiger partial charge in [-0.25, -0.2) is 0 Å². The molecule has 1 aromatic carbocycles. The van der Waals surface area contributed by atoms with E-state index in [4.69, 9.17) is 4.74 Å². The van der Waals surface area contributed by atoms with Crippen LogP contribution in [0.25, 0.3) is 0 Å². The van der Waals surface area contributed by atoms with Gasteiger partial charge in [-0.1, -0.05) is 82.1 Å². The van der Waals surface area contributed by atoms with Crippen LogP contribution in [0.2, 0.25) is 18.1 Å². The molecule has 0 unspecified atom stereocenters. The van der Waals surface area contributed by atoms with Gasteiger partial charge < -0.3 is 4.74 Å². The molecule has 158 valence electrons. The van der Waals surface area contributed by atoms with E-state index < -0.39 is 0 Å². The van der Waals surface area contributed by atoms with Gasteiger partial charge in [0, 0.05) is 8.80 Å². The van der Waals surface area contributed by atoms with Crippen LogP contribution in [0.5, 0.6) is 5.75 Å². The first-order valence-corrected chi connectivity index (χ1v) is 14.9. The summed E-state index contributed by atoms with van der Waals surface area (Å²) in [5, 5.41) is 0. The molecule has 28 heavy (non-hydrogen) atoms. The minimum absolute atomic E-state index is 0.290. The monoisotopic (exact) mass is 400 g/mol. The lowest BCUT2D eigenvalue weighted by molar-refractivity contribution is 0.184. The lowest BCUT2D eigenvalue weighted by Gasteiger charge is -2.37. The van der Waals surface area contributed by atoms with E-state index in [1.54, 1.807) is 43.8 Å². The Bertz CT molecular complexity index is 524. The average Bonchev–Trinajstić information content (AvgIpc) is 2.74. The van der Waals surface area contributed by atoms with Gasteiger partial charge in [-0.3, -0.25) is 0 Å². The molecule has 0 N–H and O–H groups in total. The Morgan fingerprint density at radius 2 is 1.54 bits per heavy atom. The van der Waals surface area contributed by atoms with Gasteiger partial charge in [0.15, 0.2) is 0 Å². The van der Waals surface area contributed by atoms with Crippen LogP contribution >= 0.6 is 0 Å². The minimum Gasteiger partial charge on any atom is -0.494 e. The van der Waals surface area contributed by atoms with E-state index in [-0.39, 0.29) is 8.80 Å². The zero-order valence-corrected chi connectivity index (χ0v) is 19.8. The van der Waals surface area contributed by atoms with Crippen molar-refractivity contribution in [1.82, 2.24) is 0 Å². The first kappa shape index (κ1) is 21.9. The zero-order chi connectivity index (χ0) is 19.6. The van der Waals surface area contributed by atoms with Crippen molar-refractivity contribution < 1.29 is 4.74 Å². The van der Waals surface area contributed by atoms with Gasteiger partial charge in [0.2, 0.25) is 0 Å². The van der Waals surface area contributed by atoms with Crippen LogP contribution in [0.1, 0.15) is 83.6 Å². The maximum absolute atomic E-state index is 5.54. The molecule has 1 nitrogen and oxygen atoms in total. The molecule has 2 aliphatic rings. The predicted molar refractivity (Wildman–Crippen MR) is 125 cm³/mol. The Hall–Kier alpha value is -0.763. The maximum Gasteiger partial charge on any atom is 0.119 e. The molecule has 3 rings (SSSR count). The second kappa shape index (κ2) is 12.1. The Morgan fingerprint density at radius 3 is 2.18 bits per heavy atom. The molecule has 1 heterocycles. The quantitative estimate of drug-likeness (QED) is 0.289. The van der Waals surface area contributed by atoms with Crippen LogP contribution in [0, 0.1) is 17.8 Å². The lowest BCUT2D eigenvalue weighted by Crippen LogP contribution is -2.28. The van der Waals surface area contributed by atoms with E-state index in [0.29, 0.717) is 0 Å². The minimum atomic E-state index is -0.290. The predicted octanol–water partition coefficient (Wildman–Crippen LogP) is 7.65. The molecule has 2 fully saturated rings. The molecule has 1 saturated carbocycles. The summed E-state index contributed by atoms with van der Waals surface area (Å²) in [5.74, 6) is 4.24. The Morgan fingerprint density at radius 1 is 0.857 bits per heavy atom. The Balaban J connectivity index is 1.27. The largest absolute Gasteiger partial charge is 0.494 e. The molecule has 0 bridgehead atoms. The third-order valence-corrected chi connectivity index (χ3v) is 11.4. The fourth-order valence-electron chi connectivity index (χ4n) is 5.99. The maximum atomic E-state index is 5.54. The number of hydrogen-bond acceptors (Lipinski definition) is 1. The van der Waals surface area contributed by atoms with E-state index in [1.165, 1.54) is 50.5 Å². The first-order chi connectivity index (χ1) is 13.8. The van der Waals surface area contributed by atoms with Crippen LogP contribution < -0.4 is 4.74 Å². The Labute approximate surface area is 176 Å². The molecule has 0 spiro atoms. The van der Waals surface area contributed by atoms with Crippen molar-refractivity contribution in [2.75, 3.05) is 6.61 Å². The number of benzene rings is 1. The highest BCUT2D eigenvalue weighted by molar-refractivity contribution is 6.58. The van der Waals surface area contributed by atoms with Gasteiger partial charge in [-0.15, -0.1) is 0 Å². The molecule has 1 aromatic rings. The molecule has 0 atom stereocenters. The molecule has 1 saturated heterocycles. The number of ether oxygens (including phenoxy) is 1. The highest BCUT2D eigenvalue weighted by Gasteiger charge is 2.30. The Kier molecular flexibility index (Phi) is 9.44. The smallest absolute Gasteiger partial charge is 0.119 e. The lowest BCUT2D eigenvalue weighted by atomic mass is 9.73. The first-order valence-electron chi connectivity index (χ1n) is 12.5. The summed E-state index contributed by atoms with van der Waals surface area (Å²) in [6.45, 7) is 5.18. The fraction of sp³-hybridized carbons (Fsp3) is 0.769. The SMILES string of the molecule is CCC[SiH]1CCC(C2CCC(CCCCc3ccc(OCC)cc3)CC2)CC1. The van der Waals surface area contributed by atoms with E-state index in [0.717, 1.165) is 30.1 Å². The van der Waals surface area contributed by atoms with E-state index >= 15 is 0 Å². The van der Waals surface area contributed by atoms with Gasteiger partial charge in [-0.2, -0.15) is 0 Å². The van der Waals surface area contributed by atoms with Crippen LogP contribution in [0.3, 0.4) is 0 Å². The highest BCUT2D eigenvalue weighted by atomic mass is 28.3. The van der Waals surface area contributed by atoms with Crippen molar-refractivity contribution in [3.63, 3.8) is 0 Å².